The third-order valence-corrected chi connectivity index (χ3v) is 5.01. The van der Waals surface area contributed by atoms with Gasteiger partial charge in [0.1, 0.15) is 18.2 Å². The number of methoxy groups -OCH3 is 1. The van der Waals surface area contributed by atoms with Crippen molar-refractivity contribution in [3.63, 3.8) is 0 Å². The summed E-state index contributed by atoms with van der Waals surface area (Å²) in [6.07, 6.45) is 1.49. The molecule has 0 radical (unpaired) electrons. The van der Waals surface area contributed by atoms with Gasteiger partial charge in [0, 0.05) is 34.2 Å². The Morgan fingerprint density at radius 2 is 1.96 bits per heavy atom. The number of hydrogen-bond acceptors (Lipinski definition) is 4. The summed E-state index contributed by atoms with van der Waals surface area (Å²) in [5, 5.41) is 10.3. The summed E-state index contributed by atoms with van der Waals surface area (Å²) in [4.78, 5) is 13.4. The third kappa shape index (κ3) is 5.41. The van der Waals surface area contributed by atoms with Crippen LogP contribution in [0.25, 0.3) is 6.08 Å². The van der Waals surface area contributed by atoms with Crippen molar-refractivity contribution in [2.45, 2.75) is 6.61 Å². The van der Waals surface area contributed by atoms with Crippen molar-refractivity contribution >= 4 is 51.1 Å². The molecule has 0 fully saturated rings. The number of carbonyl (C=O) groups is 1. The Bertz CT molecular complexity index is 969. The molecule has 2 rings (SSSR count). The quantitative estimate of drug-likeness (QED) is 0.411. The van der Waals surface area contributed by atoms with Crippen molar-refractivity contribution in [2.24, 2.45) is 0 Å². The van der Waals surface area contributed by atoms with E-state index in [1.165, 1.54) is 18.1 Å². The Morgan fingerprint density at radius 1 is 1.25 bits per heavy atom. The van der Waals surface area contributed by atoms with Crippen molar-refractivity contribution in [3.8, 4) is 17.6 Å². The zero-order valence-electron chi connectivity index (χ0n) is 15.4. The summed E-state index contributed by atoms with van der Waals surface area (Å²) in [6.45, 7) is 0.219. The highest BCUT2D eigenvalue weighted by molar-refractivity contribution is 9.10. The van der Waals surface area contributed by atoms with Crippen LogP contribution < -0.4 is 9.47 Å². The van der Waals surface area contributed by atoms with E-state index >= 15 is 0 Å². The Balaban J connectivity index is 2.32. The Hall–Kier alpha value is -2.20. The first-order valence-electron chi connectivity index (χ1n) is 8.04. The van der Waals surface area contributed by atoms with Gasteiger partial charge < -0.3 is 14.4 Å². The maximum absolute atomic E-state index is 12.1. The minimum Gasteiger partial charge on any atom is -0.493 e. The Labute approximate surface area is 182 Å². The summed E-state index contributed by atoms with van der Waals surface area (Å²) in [5.41, 5.74) is 1.39. The largest absolute Gasteiger partial charge is 0.493 e. The lowest BCUT2D eigenvalue weighted by atomic mass is 10.1. The molecule has 0 aromatic heterocycles. The Morgan fingerprint density at radius 3 is 2.54 bits per heavy atom. The van der Waals surface area contributed by atoms with Gasteiger partial charge in [-0.05, 0) is 35.9 Å². The van der Waals surface area contributed by atoms with E-state index < -0.39 is 0 Å². The van der Waals surface area contributed by atoms with Crippen LogP contribution in [0.5, 0.6) is 11.5 Å². The van der Waals surface area contributed by atoms with Crippen LogP contribution >= 0.6 is 39.1 Å². The van der Waals surface area contributed by atoms with E-state index in [1.807, 2.05) is 6.07 Å². The van der Waals surface area contributed by atoms with Crippen LogP contribution in [0.15, 0.2) is 40.4 Å². The van der Waals surface area contributed by atoms with E-state index in [0.717, 1.165) is 5.56 Å². The molecule has 0 saturated heterocycles. The number of amides is 1. The maximum atomic E-state index is 12.1. The van der Waals surface area contributed by atoms with Crippen LogP contribution in [0.3, 0.4) is 0 Å². The summed E-state index contributed by atoms with van der Waals surface area (Å²) in [6, 6.07) is 10.5. The fourth-order valence-corrected chi connectivity index (χ4v) is 3.17. The molecule has 2 aromatic carbocycles. The molecule has 146 valence electrons. The molecule has 1 amide bonds. The van der Waals surface area contributed by atoms with Crippen LogP contribution in [0, 0.1) is 11.3 Å². The van der Waals surface area contributed by atoms with Crippen LogP contribution in [0.1, 0.15) is 11.1 Å². The van der Waals surface area contributed by atoms with Crippen LogP contribution in [0.4, 0.5) is 0 Å². The summed E-state index contributed by atoms with van der Waals surface area (Å²) in [5.74, 6) is 0.551. The summed E-state index contributed by atoms with van der Waals surface area (Å²) >= 11 is 15.5. The molecule has 0 bridgehead atoms. The number of hydrogen-bond donors (Lipinski definition) is 0. The molecule has 8 heteroatoms. The van der Waals surface area contributed by atoms with Gasteiger partial charge >= 0.3 is 0 Å². The van der Waals surface area contributed by atoms with Crippen LogP contribution in [-0.4, -0.2) is 32.0 Å². The first-order chi connectivity index (χ1) is 13.3. The molecule has 5 nitrogen and oxygen atoms in total. The van der Waals surface area contributed by atoms with Gasteiger partial charge in [0.05, 0.1) is 7.11 Å². The molecule has 2 aromatic rings. The highest BCUT2D eigenvalue weighted by Gasteiger charge is 2.15. The molecule has 0 aliphatic rings. The van der Waals surface area contributed by atoms with Crippen molar-refractivity contribution < 1.29 is 14.3 Å². The molecule has 0 atom stereocenters. The molecule has 0 aliphatic heterocycles. The Kier molecular flexibility index (Phi) is 7.76. The van der Waals surface area contributed by atoms with Gasteiger partial charge in [0.25, 0.3) is 5.91 Å². The van der Waals surface area contributed by atoms with Crippen molar-refractivity contribution in [1.82, 2.24) is 4.90 Å². The third-order valence-electron chi connectivity index (χ3n) is 3.74. The number of nitrogens with zero attached hydrogens (tertiary/aromatic N) is 2. The highest BCUT2D eigenvalue weighted by atomic mass is 79.9. The van der Waals surface area contributed by atoms with Crippen molar-refractivity contribution in [3.05, 3.63) is 61.5 Å². The standard InChI is InChI=1S/C20H17BrCl2N2O3/c1-25(2)20(26)14(10-24)6-13-7-18(27-3)19(9-16(13)21)28-11-12-4-5-15(22)8-17(12)23/h4-9H,11H2,1-3H3/b14-6-. The number of likely N-dealkylation sites (N-methyl/N-ethyl adjacent to an activating group) is 1. The van der Waals surface area contributed by atoms with Gasteiger partial charge in [-0.2, -0.15) is 5.26 Å². The average Bonchev–Trinajstić information content (AvgIpc) is 2.65. The lowest BCUT2D eigenvalue weighted by Gasteiger charge is -2.14. The topological polar surface area (TPSA) is 62.6 Å². The monoisotopic (exact) mass is 482 g/mol. The fraction of sp³-hybridized carbons (Fsp3) is 0.200. The fourth-order valence-electron chi connectivity index (χ4n) is 2.27. The number of halogens is 3. The maximum Gasteiger partial charge on any atom is 0.264 e. The molecule has 0 aliphatic carbocycles. The molecule has 0 saturated carbocycles. The van der Waals surface area contributed by atoms with Crippen molar-refractivity contribution in [1.29, 1.82) is 5.26 Å². The molecule has 0 unspecified atom stereocenters. The smallest absolute Gasteiger partial charge is 0.264 e. The van der Waals surface area contributed by atoms with E-state index in [2.05, 4.69) is 15.9 Å². The van der Waals surface area contributed by atoms with E-state index in [-0.39, 0.29) is 18.1 Å². The SMILES string of the molecule is COc1cc(/C=C(/C#N)C(=O)N(C)C)c(Br)cc1OCc1ccc(Cl)cc1Cl. The van der Waals surface area contributed by atoms with Gasteiger partial charge in [-0.1, -0.05) is 45.2 Å². The molecule has 28 heavy (non-hydrogen) atoms. The molecular formula is C20H17BrCl2N2O3. The lowest BCUT2D eigenvalue weighted by molar-refractivity contribution is -0.124. The zero-order valence-corrected chi connectivity index (χ0v) is 18.5. The summed E-state index contributed by atoms with van der Waals surface area (Å²) < 4.78 is 11.9. The van der Waals surface area contributed by atoms with E-state index in [1.54, 1.807) is 44.4 Å². The lowest BCUT2D eigenvalue weighted by Crippen LogP contribution is -2.22. The highest BCUT2D eigenvalue weighted by Crippen LogP contribution is 2.35. The van der Waals surface area contributed by atoms with Gasteiger partial charge in [-0.25, -0.2) is 0 Å². The van der Waals surface area contributed by atoms with Crippen LogP contribution in [-0.2, 0) is 11.4 Å². The number of ether oxygens (including phenoxy) is 2. The van der Waals surface area contributed by atoms with Crippen LogP contribution in [0.2, 0.25) is 10.0 Å². The minimum absolute atomic E-state index is 0.00867. The second-order valence-corrected chi connectivity index (χ2v) is 7.62. The number of benzene rings is 2. The predicted molar refractivity (Wildman–Crippen MR) is 114 cm³/mol. The second kappa shape index (κ2) is 9.83. The normalized spacial score (nSPS) is 11.0. The first-order valence-corrected chi connectivity index (χ1v) is 9.59. The van der Waals surface area contributed by atoms with E-state index in [9.17, 15) is 10.1 Å². The molecule has 0 N–H and O–H groups in total. The summed E-state index contributed by atoms with van der Waals surface area (Å²) in [7, 11) is 4.68. The second-order valence-electron chi connectivity index (χ2n) is 5.92. The van der Waals surface area contributed by atoms with E-state index in [0.29, 0.717) is 31.6 Å². The number of nitriles is 1. The van der Waals surface area contributed by atoms with E-state index in [4.69, 9.17) is 32.7 Å². The average molecular weight is 484 g/mol. The predicted octanol–water partition coefficient (Wildman–Crippen LogP) is 5.34. The first kappa shape index (κ1) is 22.1. The molecule has 0 heterocycles. The molecular weight excluding hydrogens is 467 g/mol. The number of rotatable bonds is 6. The van der Waals surface area contributed by atoms with Crippen molar-refractivity contribution in [2.75, 3.05) is 21.2 Å². The van der Waals surface area contributed by atoms with Gasteiger partial charge in [0.15, 0.2) is 11.5 Å². The van der Waals surface area contributed by atoms with Gasteiger partial charge in [-0.3, -0.25) is 4.79 Å². The zero-order chi connectivity index (χ0) is 20.8. The van der Waals surface area contributed by atoms with Gasteiger partial charge in [-0.15, -0.1) is 0 Å². The van der Waals surface area contributed by atoms with Gasteiger partial charge in [0.2, 0.25) is 0 Å². The minimum atomic E-state index is -0.383. The number of carbonyl (C=O) groups excluding carboxylic acids is 1. The molecule has 0 spiro atoms.